The van der Waals surface area contributed by atoms with Crippen LogP contribution in [-0.4, -0.2) is 30.1 Å². The Morgan fingerprint density at radius 1 is 1.40 bits per heavy atom. The number of rotatable bonds is 1. The number of nitrogens with one attached hydrogen (secondary N) is 1. The van der Waals surface area contributed by atoms with E-state index in [0.717, 1.165) is 19.5 Å². The van der Waals surface area contributed by atoms with Gasteiger partial charge in [0.2, 0.25) is 0 Å². The van der Waals surface area contributed by atoms with E-state index in [9.17, 15) is 4.79 Å². The minimum absolute atomic E-state index is 0.0942. The Hall–Kier alpha value is -0.730. The van der Waals surface area contributed by atoms with E-state index < -0.39 is 0 Å². The molecule has 1 heterocycles. The molecule has 88 valence electrons. The maximum Gasteiger partial charge on any atom is 0.317 e. The molecule has 0 aliphatic carbocycles. The van der Waals surface area contributed by atoms with Gasteiger partial charge in [-0.1, -0.05) is 20.8 Å². The third-order valence-electron chi connectivity index (χ3n) is 3.11. The first-order valence-corrected chi connectivity index (χ1v) is 5.86. The molecule has 3 heteroatoms. The zero-order valence-corrected chi connectivity index (χ0v) is 10.6. The maximum atomic E-state index is 11.7. The van der Waals surface area contributed by atoms with E-state index in [1.807, 2.05) is 18.7 Å². The molecule has 1 rings (SSSR count). The lowest BCUT2D eigenvalue weighted by molar-refractivity contribution is 0.195. The largest absolute Gasteiger partial charge is 0.336 e. The fourth-order valence-electron chi connectivity index (χ4n) is 1.99. The van der Waals surface area contributed by atoms with Crippen molar-refractivity contribution in [3.63, 3.8) is 0 Å². The van der Waals surface area contributed by atoms with Crippen LogP contribution in [0.1, 0.15) is 41.0 Å². The van der Waals surface area contributed by atoms with Crippen LogP contribution in [0.15, 0.2) is 0 Å². The van der Waals surface area contributed by atoms with Crippen LogP contribution in [0.5, 0.6) is 0 Å². The summed E-state index contributed by atoms with van der Waals surface area (Å²) in [4.78, 5) is 13.7. The molecule has 1 unspecified atom stereocenters. The van der Waals surface area contributed by atoms with E-state index in [-0.39, 0.29) is 12.1 Å². The molecule has 1 aliphatic heterocycles. The average Bonchev–Trinajstić information content (AvgIpc) is 2.48. The summed E-state index contributed by atoms with van der Waals surface area (Å²) in [5.74, 6) is 0.635. The molecule has 0 radical (unpaired) electrons. The van der Waals surface area contributed by atoms with E-state index in [2.05, 4.69) is 26.1 Å². The topological polar surface area (TPSA) is 32.3 Å². The van der Waals surface area contributed by atoms with Crippen molar-refractivity contribution in [2.75, 3.05) is 13.1 Å². The molecule has 0 aromatic heterocycles. The minimum atomic E-state index is 0.0942. The predicted octanol–water partition coefficient (Wildman–Crippen LogP) is 2.47. The third-order valence-corrected chi connectivity index (χ3v) is 3.11. The van der Waals surface area contributed by atoms with Crippen molar-refractivity contribution in [1.29, 1.82) is 0 Å². The van der Waals surface area contributed by atoms with Gasteiger partial charge in [-0.25, -0.2) is 4.79 Å². The maximum absolute atomic E-state index is 11.7. The normalized spacial score (nSPS) is 22.3. The Balaban J connectivity index is 2.46. The van der Waals surface area contributed by atoms with Gasteiger partial charge in [0.25, 0.3) is 0 Å². The minimum Gasteiger partial charge on any atom is -0.336 e. The average molecular weight is 212 g/mol. The van der Waals surface area contributed by atoms with E-state index in [1.54, 1.807) is 0 Å². The molecule has 0 aromatic rings. The summed E-state index contributed by atoms with van der Waals surface area (Å²) in [7, 11) is 0. The molecule has 3 nitrogen and oxygen atoms in total. The third kappa shape index (κ3) is 3.40. The number of carbonyl (C=O) groups excluding carboxylic acids is 1. The highest BCUT2D eigenvalue weighted by Crippen LogP contribution is 2.33. The van der Waals surface area contributed by atoms with Gasteiger partial charge in [0.1, 0.15) is 0 Å². The number of likely N-dealkylation sites (tertiary alicyclic amines) is 1. The number of carbonyl (C=O) groups is 1. The van der Waals surface area contributed by atoms with Crippen molar-refractivity contribution in [2.24, 2.45) is 11.3 Å². The molecule has 1 N–H and O–H groups in total. The van der Waals surface area contributed by atoms with Crippen molar-refractivity contribution in [1.82, 2.24) is 10.2 Å². The Morgan fingerprint density at radius 3 is 2.40 bits per heavy atom. The number of amides is 2. The quantitative estimate of drug-likeness (QED) is 0.711. The van der Waals surface area contributed by atoms with E-state index in [0.29, 0.717) is 11.3 Å². The number of hydrogen-bond donors (Lipinski definition) is 1. The van der Waals surface area contributed by atoms with Crippen LogP contribution in [0.25, 0.3) is 0 Å². The first kappa shape index (κ1) is 12.3. The number of nitrogens with zero attached hydrogens (tertiary/aromatic N) is 1. The van der Waals surface area contributed by atoms with Gasteiger partial charge in [0.05, 0.1) is 0 Å². The van der Waals surface area contributed by atoms with Crippen molar-refractivity contribution in [3.05, 3.63) is 0 Å². The lowest BCUT2D eigenvalue weighted by Gasteiger charge is -2.27. The Bertz CT molecular complexity index is 230. The smallest absolute Gasteiger partial charge is 0.317 e. The molecule has 2 amide bonds. The van der Waals surface area contributed by atoms with Crippen molar-refractivity contribution in [3.8, 4) is 0 Å². The van der Waals surface area contributed by atoms with Crippen LogP contribution in [0.4, 0.5) is 4.79 Å². The van der Waals surface area contributed by atoms with Gasteiger partial charge >= 0.3 is 6.03 Å². The van der Waals surface area contributed by atoms with Gasteiger partial charge in [-0.05, 0) is 31.6 Å². The summed E-state index contributed by atoms with van der Waals surface area (Å²) in [5, 5.41) is 2.94. The highest BCUT2D eigenvalue weighted by Gasteiger charge is 2.33. The first-order valence-electron chi connectivity index (χ1n) is 5.86. The van der Waals surface area contributed by atoms with Crippen molar-refractivity contribution < 1.29 is 4.79 Å². The highest BCUT2D eigenvalue weighted by atomic mass is 16.2. The van der Waals surface area contributed by atoms with Crippen LogP contribution in [-0.2, 0) is 0 Å². The molecule has 0 spiro atoms. The second-order valence-corrected chi connectivity index (χ2v) is 5.90. The fourth-order valence-corrected chi connectivity index (χ4v) is 1.99. The molecule has 0 saturated carbocycles. The summed E-state index contributed by atoms with van der Waals surface area (Å²) in [5.41, 5.74) is 0.312. The second kappa shape index (κ2) is 4.42. The molecule has 1 atom stereocenters. The van der Waals surface area contributed by atoms with Gasteiger partial charge in [0, 0.05) is 19.1 Å². The van der Waals surface area contributed by atoms with Gasteiger partial charge in [-0.2, -0.15) is 0 Å². The Labute approximate surface area is 93.2 Å². The molecular weight excluding hydrogens is 188 g/mol. The summed E-state index contributed by atoms with van der Waals surface area (Å²) < 4.78 is 0. The zero-order valence-electron chi connectivity index (χ0n) is 10.6. The highest BCUT2D eigenvalue weighted by molar-refractivity contribution is 5.74. The van der Waals surface area contributed by atoms with Crippen LogP contribution < -0.4 is 5.32 Å². The second-order valence-electron chi connectivity index (χ2n) is 5.90. The molecule has 0 aromatic carbocycles. The zero-order chi connectivity index (χ0) is 11.6. The predicted molar refractivity (Wildman–Crippen MR) is 62.8 cm³/mol. The van der Waals surface area contributed by atoms with E-state index in [1.165, 1.54) is 0 Å². The number of urea groups is 1. The molecule has 1 fully saturated rings. The monoisotopic (exact) mass is 212 g/mol. The Morgan fingerprint density at radius 2 is 2.00 bits per heavy atom. The summed E-state index contributed by atoms with van der Waals surface area (Å²) >= 11 is 0. The SMILES string of the molecule is CC(C)NC(=O)N1CCC(C(C)(C)C)C1. The van der Waals surface area contributed by atoms with Crippen molar-refractivity contribution >= 4 is 6.03 Å². The Kier molecular flexibility index (Phi) is 3.63. The molecule has 1 saturated heterocycles. The summed E-state index contributed by atoms with van der Waals surface area (Å²) in [6.45, 7) is 12.6. The van der Waals surface area contributed by atoms with Gasteiger partial charge in [0.15, 0.2) is 0 Å². The fraction of sp³-hybridized carbons (Fsp3) is 0.917. The summed E-state index contributed by atoms with van der Waals surface area (Å²) in [6, 6.07) is 0.322. The van der Waals surface area contributed by atoms with Gasteiger partial charge in [-0.15, -0.1) is 0 Å². The summed E-state index contributed by atoms with van der Waals surface area (Å²) in [6.07, 6.45) is 1.13. The lowest BCUT2D eigenvalue weighted by atomic mass is 9.80. The molecule has 15 heavy (non-hydrogen) atoms. The van der Waals surface area contributed by atoms with Crippen LogP contribution >= 0.6 is 0 Å². The first-order chi connectivity index (χ1) is 6.80. The van der Waals surface area contributed by atoms with Gasteiger partial charge < -0.3 is 10.2 Å². The van der Waals surface area contributed by atoms with Crippen LogP contribution in [0, 0.1) is 11.3 Å². The molecule has 1 aliphatic rings. The molecule has 0 bridgehead atoms. The van der Waals surface area contributed by atoms with Crippen LogP contribution in [0.3, 0.4) is 0 Å². The van der Waals surface area contributed by atoms with Crippen molar-refractivity contribution in [2.45, 2.75) is 47.1 Å². The van der Waals surface area contributed by atoms with Crippen LogP contribution in [0.2, 0.25) is 0 Å². The van der Waals surface area contributed by atoms with Gasteiger partial charge in [-0.3, -0.25) is 0 Å². The standard InChI is InChI=1S/C12H24N2O/c1-9(2)13-11(15)14-7-6-10(8-14)12(3,4)5/h9-10H,6-8H2,1-5H3,(H,13,15). The lowest BCUT2D eigenvalue weighted by Crippen LogP contribution is -2.42. The van der Waals surface area contributed by atoms with E-state index >= 15 is 0 Å². The van der Waals surface area contributed by atoms with E-state index in [4.69, 9.17) is 0 Å². The molecular formula is C12H24N2O. The number of hydrogen-bond acceptors (Lipinski definition) is 1.